The monoisotopic (exact) mass is 229 g/mol. The van der Waals surface area contributed by atoms with Gasteiger partial charge in [0.1, 0.15) is 0 Å². The third kappa shape index (κ3) is 5.47. The summed E-state index contributed by atoms with van der Waals surface area (Å²) < 4.78 is 9.75. The zero-order valence-electron chi connectivity index (χ0n) is 7.92. The average Bonchev–Trinajstić information content (AvgIpc) is 2.02. The van der Waals surface area contributed by atoms with Crippen LogP contribution in [0.3, 0.4) is 0 Å². The van der Waals surface area contributed by atoms with Gasteiger partial charge in [-0.25, -0.2) is 0 Å². The van der Waals surface area contributed by atoms with Gasteiger partial charge in [0.05, 0.1) is 6.61 Å². The van der Waals surface area contributed by atoms with Crippen molar-refractivity contribution in [3.8, 4) is 0 Å². The first-order valence-electron chi connectivity index (χ1n) is 4.25. The Morgan fingerprint density at radius 3 is 2.50 bits per heavy atom. The Hall–Kier alpha value is 0.830. The van der Waals surface area contributed by atoms with Gasteiger partial charge in [0.25, 0.3) is 0 Å². The fourth-order valence-electron chi connectivity index (χ4n) is 0.651. The van der Waals surface area contributed by atoms with Crippen LogP contribution in [-0.4, -0.2) is 18.9 Å². The molecule has 0 aliphatic carbocycles. The van der Waals surface area contributed by atoms with Crippen molar-refractivity contribution in [2.45, 2.75) is 27.2 Å². The van der Waals surface area contributed by atoms with Crippen molar-refractivity contribution in [2.24, 2.45) is 4.74 Å². The van der Waals surface area contributed by atoms with Gasteiger partial charge < -0.3 is 4.52 Å². The zero-order chi connectivity index (χ0) is 9.45. The normalized spacial score (nSPS) is 15.7. The van der Waals surface area contributed by atoms with Crippen LogP contribution in [0.15, 0.2) is 4.74 Å². The Morgan fingerprint density at radius 1 is 1.42 bits per heavy atom. The molecule has 0 N–H and O–H groups in total. The van der Waals surface area contributed by atoms with Gasteiger partial charge in [-0.1, -0.05) is 18.3 Å². The van der Waals surface area contributed by atoms with E-state index in [0.717, 1.165) is 18.7 Å². The Morgan fingerprint density at radius 2 is 2.08 bits per heavy atom. The summed E-state index contributed by atoms with van der Waals surface area (Å²) in [7, 11) is 0. The first-order valence-corrected chi connectivity index (χ1v) is 8.40. The summed E-state index contributed by atoms with van der Waals surface area (Å²) >= 11 is 7.86. The van der Waals surface area contributed by atoms with Crippen molar-refractivity contribution in [1.82, 2.24) is 0 Å². The molecule has 5 heteroatoms. The molecule has 0 aliphatic rings. The lowest BCUT2D eigenvalue weighted by atomic mass is 10.6. The van der Waals surface area contributed by atoms with Crippen LogP contribution in [0.1, 0.15) is 27.2 Å². The predicted molar refractivity (Wildman–Crippen MR) is 60.1 cm³/mol. The summed E-state index contributed by atoms with van der Waals surface area (Å²) in [6.07, 6.45) is 1.12. The molecule has 0 amide bonds. The highest BCUT2D eigenvalue weighted by Crippen LogP contribution is 2.67. The summed E-state index contributed by atoms with van der Waals surface area (Å²) in [6, 6.07) is 0. The second kappa shape index (κ2) is 7.25. The quantitative estimate of drug-likeness (QED) is 0.631. The molecule has 0 fully saturated rings. The zero-order valence-corrected chi connectivity index (χ0v) is 10.4. The number of hydrogen-bond acceptors (Lipinski definition) is 3. The first kappa shape index (κ1) is 12.8. The maximum absolute atomic E-state index is 6.20. The lowest BCUT2D eigenvalue weighted by Gasteiger charge is -2.14. The summed E-state index contributed by atoms with van der Waals surface area (Å²) in [6.45, 7) is 7.47. The second-order valence-corrected chi connectivity index (χ2v) is 8.51. The molecule has 0 aliphatic heterocycles. The molecule has 0 bridgehead atoms. The number of halogens is 1. The Bertz CT molecular complexity index is 165. The fraction of sp³-hybridized carbons (Fsp3) is 1.00. The molecule has 74 valence electrons. The van der Waals surface area contributed by atoms with Crippen LogP contribution in [0.5, 0.6) is 0 Å². The molecule has 0 aromatic heterocycles. The molecular formula is C7H17ClNOPS. The molecule has 0 radical (unpaired) electrons. The van der Waals surface area contributed by atoms with E-state index < -0.39 is 5.84 Å². The van der Waals surface area contributed by atoms with Crippen LogP contribution in [0.2, 0.25) is 0 Å². The molecule has 0 saturated carbocycles. The summed E-state index contributed by atoms with van der Waals surface area (Å²) in [4.78, 5) is 0. The van der Waals surface area contributed by atoms with Crippen molar-refractivity contribution in [3.63, 3.8) is 0 Å². The van der Waals surface area contributed by atoms with E-state index in [0.29, 0.717) is 6.61 Å². The van der Waals surface area contributed by atoms with Crippen molar-refractivity contribution in [3.05, 3.63) is 0 Å². The van der Waals surface area contributed by atoms with E-state index in [1.807, 2.05) is 13.8 Å². The predicted octanol–water partition coefficient (Wildman–Crippen LogP) is 4.37. The Kier molecular flexibility index (Phi) is 7.76. The smallest absolute Gasteiger partial charge is 0.230 e. The molecule has 0 spiro atoms. The van der Waals surface area contributed by atoms with Gasteiger partial charge in [-0.3, -0.25) is 4.74 Å². The largest absolute Gasteiger partial charge is 0.325 e. The molecule has 0 rings (SSSR count). The Labute approximate surface area is 84.1 Å². The van der Waals surface area contributed by atoms with E-state index in [2.05, 4.69) is 11.7 Å². The van der Waals surface area contributed by atoms with Gasteiger partial charge in [-0.05, 0) is 31.5 Å². The average molecular weight is 230 g/mol. The maximum atomic E-state index is 6.20. The molecule has 0 aromatic rings. The summed E-state index contributed by atoms with van der Waals surface area (Å²) in [5, 5.41) is 0. The second-order valence-electron chi connectivity index (χ2n) is 2.16. The minimum atomic E-state index is -1.97. The van der Waals surface area contributed by atoms with E-state index in [9.17, 15) is 0 Å². The van der Waals surface area contributed by atoms with Gasteiger partial charge in [-0.2, -0.15) is 0 Å². The molecular weight excluding hydrogens is 213 g/mol. The minimum absolute atomic E-state index is 0.650. The van der Waals surface area contributed by atoms with Crippen LogP contribution in [0.4, 0.5) is 0 Å². The lowest BCUT2D eigenvalue weighted by Crippen LogP contribution is -1.83. The van der Waals surface area contributed by atoms with E-state index in [-0.39, 0.29) is 0 Å². The summed E-state index contributed by atoms with van der Waals surface area (Å²) in [5.41, 5.74) is 0. The number of rotatable bonds is 6. The van der Waals surface area contributed by atoms with E-state index >= 15 is 0 Å². The highest BCUT2D eigenvalue weighted by molar-refractivity contribution is 8.64. The molecule has 1 unspecified atom stereocenters. The van der Waals surface area contributed by atoms with Crippen LogP contribution < -0.4 is 0 Å². The molecule has 0 heterocycles. The van der Waals surface area contributed by atoms with E-state index in [1.165, 1.54) is 0 Å². The summed E-state index contributed by atoms with van der Waals surface area (Å²) in [5.74, 6) is -0.943. The molecule has 2 nitrogen and oxygen atoms in total. The van der Waals surface area contributed by atoms with E-state index in [4.69, 9.17) is 15.8 Å². The highest BCUT2D eigenvalue weighted by Gasteiger charge is 2.15. The standard InChI is InChI=1S/C7H17ClNOPS/c1-4-7-12-11(8,9-5-2)10-6-3/h4-7H2,1-3H3. The molecule has 1 atom stereocenters. The van der Waals surface area contributed by atoms with Crippen molar-refractivity contribution < 1.29 is 4.52 Å². The van der Waals surface area contributed by atoms with Gasteiger partial charge in [0.2, 0.25) is 5.84 Å². The van der Waals surface area contributed by atoms with Crippen LogP contribution >= 0.6 is 28.5 Å². The Balaban J connectivity index is 4.08. The van der Waals surface area contributed by atoms with Gasteiger partial charge in [-0.15, -0.1) is 0 Å². The number of hydrogen-bond donors (Lipinski definition) is 0. The molecule has 0 saturated heterocycles. The highest BCUT2D eigenvalue weighted by atomic mass is 35.7. The van der Waals surface area contributed by atoms with Crippen LogP contribution in [0.25, 0.3) is 0 Å². The first-order chi connectivity index (χ1) is 5.68. The van der Waals surface area contributed by atoms with Gasteiger partial charge in [0.15, 0.2) is 0 Å². The molecule has 0 aromatic carbocycles. The molecule has 12 heavy (non-hydrogen) atoms. The van der Waals surface area contributed by atoms with Crippen LogP contribution in [-0.2, 0) is 4.52 Å². The third-order valence-electron chi connectivity index (χ3n) is 1.05. The fourth-order valence-corrected chi connectivity index (χ4v) is 5.54. The minimum Gasteiger partial charge on any atom is -0.325 e. The maximum Gasteiger partial charge on any atom is 0.230 e. The topological polar surface area (TPSA) is 21.6 Å². The van der Waals surface area contributed by atoms with Crippen molar-refractivity contribution in [1.29, 1.82) is 0 Å². The van der Waals surface area contributed by atoms with Crippen molar-refractivity contribution in [2.75, 3.05) is 18.9 Å². The SMILES string of the molecule is CCCSP(Cl)(=NCC)OCC. The lowest BCUT2D eigenvalue weighted by molar-refractivity contribution is 0.387. The van der Waals surface area contributed by atoms with Gasteiger partial charge in [0, 0.05) is 12.3 Å². The van der Waals surface area contributed by atoms with Crippen molar-refractivity contribution >= 4 is 28.5 Å². The van der Waals surface area contributed by atoms with Gasteiger partial charge >= 0.3 is 0 Å². The third-order valence-corrected chi connectivity index (χ3v) is 6.82. The van der Waals surface area contributed by atoms with Crippen LogP contribution in [0, 0.1) is 0 Å². The number of nitrogens with zero attached hydrogens (tertiary/aromatic N) is 1. The van der Waals surface area contributed by atoms with E-state index in [1.54, 1.807) is 11.4 Å².